The highest BCUT2D eigenvalue weighted by molar-refractivity contribution is 5.68. The van der Waals surface area contributed by atoms with Gasteiger partial charge in [-0.1, -0.05) is 6.07 Å². The molecule has 0 saturated carbocycles. The minimum Gasteiger partial charge on any atom is -0.397 e. The van der Waals surface area contributed by atoms with Crippen molar-refractivity contribution < 1.29 is 5.11 Å². The number of nitrogen functional groups attached to an aromatic ring is 1. The number of aliphatic hydroxyl groups excluding tert-OH is 1. The van der Waals surface area contributed by atoms with E-state index in [0.717, 1.165) is 30.0 Å². The maximum atomic E-state index is 8.95. The molecule has 1 aliphatic rings. The van der Waals surface area contributed by atoms with Crippen molar-refractivity contribution in [1.29, 1.82) is 0 Å². The molecule has 1 heterocycles. The highest BCUT2D eigenvalue weighted by atomic mass is 16.3. The van der Waals surface area contributed by atoms with Crippen LogP contribution in [0.3, 0.4) is 0 Å². The summed E-state index contributed by atoms with van der Waals surface area (Å²) in [6, 6.07) is 5.80. The van der Waals surface area contributed by atoms with E-state index < -0.39 is 0 Å². The van der Waals surface area contributed by atoms with E-state index >= 15 is 0 Å². The normalized spacial score (nSPS) is 16.2. The first-order valence-corrected chi connectivity index (χ1v) is 5.05. The Morgan fingerprint density at radius 3 is 2.57 bits per heavy atom. The number of hydrogen-bond acceptors (Lipinski definition) is 3. The smallest absolute Gasteiger partial charge is 0.0682 e. The molecule has 1 saturated heterocycles. The Morgan fingerprint density at radius 1 is 1.29 bits per heavy atom. The van der Waals surface area contributed by atoms with Crippen molar-refractivity contribution in [1.82, 2.24) is 0 Å². The lowest BCUT2D eigenvalue weighted by atomic mass is 10.1. The fraction of sp³-hybridized carbons (Fsp3) is 0.455. The molecule has 2 rings (SSSR count). The molecule has 0 amide bonds. The van der Waals surface area contributed by atoms with Crippen molar-refractivity contribution in [3.05, 3.63) is 23.8 Å². The zero-order valence-corrected chi connectivity index (χ0v) is 8.24. The predicted octanol–water partition coefficient (Wildman–Crippen LogP) is 1.36. The van der Waals surface area contributed by atoms with E-state index in [4.69, 9.17) is 10.8 Å². The number of anilines is 2. The number of aliphatic hydroxyl groups is 1. The van der Waals surface area contributed by atoms with E-state index in [0.29, 0.717) is 0 Å². The van der Waals surface area contributed by atoms with Crippen LogP contribution in [0.1, 0.15) is 18.4 Å². The summed E-state index contributed by atoms with van der Waals surface area (Å²) in [5, 5.41) is 8.95. The Labute approximate surface area is 84.1 Å². The quantitative estimate of drug-likeness (QED) is 0.696. The Kier molecular flexibility index (Phi) is 2.59. The monoisotopic (exact) mass is 192 g/mol. The van der Waals surface area contributed by atoms with Gasteiger partial charge in [0.15, 0.2) is 0 Å². The molecule has 76 valence electrons. The van der Waals surface area contributed by atoms with E-state index in [2.05, 4.69) is 4.90 Å². The lowest BCUT2D eigenvalue weighted by Crippen LogP contribution is -2.19. The van der Waals surface area contributed by atoms with Gasteiger partial charge in [0.25, 0.3) is 0 Å². The summed E-state index contributed by atoms with van der Waals surface area (Å²) in [7, 11) is 0. The molecule has 1 aromatic rings. The fourth-order valence-corrected chi connectivity index (χ4v) is 1.95. The SMILES string of the molecule is Nc1cc(CO)ccc1N1CCCC1. The van der Waals surface area contributed by atoms with Gasteiger partial charge >= 0.3 is 0 Å². The molecule has 0 aromatic heterocycles. The summed E-state index contributed by atoms with van der Waals surface area (Å²) in [4.78, 5) is 2.30. The Morgan fingerprint density at radius 2 is 2.00 bits per heavy atom. The number of hydrogen-bond donors (Lipinski definition) is 2. The first-order valence-electron chi connectivity index (χ1n) is 5.05. The van der Waals surface area contributed by atoms with Crippen LogP contribution in [0.25, 0.3) is 0 Å². The van der Waals surface area contributed by atoms with Crippen LogP contribution in [0, 0.1) is 0 Å². The second-order valence-corrected chi connectivity index (χ2v) is 3.75. The van der Waals surface area contributed by atoms with Crippen LogP contribution < -0.4 is 10.6 Å². The first-order chi connectivity index (χ1) is 6.81. The van der Waals surface area contributed by atoms with Gasteiger partial charge in [-0.25, -0.2) is 0 Å². The molecule has 14 heavy (non-hydrogen) atoms. The largest absolute Gasteiger partial charge is 0.397 e. The lowest BCUT2D eigenvalue weighted by Gasteiger charge is -2.19. The molecular weight excluding hydrogens is 176 g/mol. The third-order valence-corrected chi connectivity index (χ3v) is 2.72. The molecular formula is C11H16N2O. The summed E-state index contributed by atoms with van der Waals surface area (Å²) in [6.45, 7) is 2.26. The van der Waals surface area contributed by atoms with Gasteiger partial charge in [-0.2, -0.15) is 0 Å². The van der Waals surface area contributed by atoms with Gasteiger partial charge in [0.2, 0.25) is 0 Å². The van der Waals surface area contributed by atoms with Gasteiger partial charge in [0.05, 0.1) is 18.0 Å². The van der Waals surface area contributed by atoms with Crippen molar-refractivity contribution >= 4 is 11.4 Å². The van der Waals surface area contributed by atoms with Crippen LogP contribution in [0.4, 0.5) is 11.4 Å². The molecule has 1 aromatic carbocycles. The minimum absolute atomic E-state index is 0.0600. The third-order valence-electron chi connectivity index (χ3n) is 2.72. The molecule has 0 atom stereocenters. The van der Waals surface area contributed by atoms with Crippen LogP contribution in [-0.4, -0.2) is 18.2 Å². The molecule has 0 unspecified atom stereocenters. The van der Waals surface area contributed by atoms with E-state index in [9.17, 15) is 0 Å². The molecule has 3 nitrogen and oxygen atoms in total. The van der Waals surface area contributed by atoms with Crippen molar-refractivity contribution in [3.63, 3.8) is 0 Å². The number of nitrogens with two attached hydrogens (primary N) is 1. The second kappa shape index (κ2) is 3.88. The number of benzene rings is 1. The Balaban J connectivity index is 2.25. The average molecular weight is 192 g/mol. The zero-order chi connectivity index (χ0) is 9.97. The van der Waals surface area contributed by atoms with E-state index in [-0.39, 0.29) is 6.61 Å². The number of rotatable bonds is 2. The van der Waals surface area contributed by atoms with Crippen LogP contribution in [0.2, 0.25) is 0 Å². The van der Waals surface area contributed by atoms with E-state index in [1.165, 1.54) is 12.8 Å². The highest BCUT2D eigenvalue weighted by Crippen LogP contribution is 2.27. The highest BCUT2D eigenvalue weighted by Gasteiger charge is 2.14. The Hall–Kier alpha value is -1.22. The van der Waals surface area contributed by atoms with Gasteiger partial charge in [0, 0.05) is 13.1 Å². The van der Waals surface area contributed by atoms with Gasteiger partial charge in [-0.05, 0) is 30.5 Å². The maximum absolute atomic E-state index is 8.95. The van der Waals surface area contributed by atoms with Crippen molar-refractivity contribution in [3.8, 4) is 0 Å². The van der Waals surface area contributed by atoms with Gasteiger partial charge < -0.3 is 15.7 Å². The molecule has 1 fully saturated rings. The topological polar surface area (TPSA) is 49.5 Å². The Bertz CT molecular complexity index is 319. The zero-order valence-electron chi connectivity index (χ0n) is 8.24. The average Bonchev–Trinajstić information content (AvgIpc) is 2.70. The summed E-state index contributed by atoms with van der Waals surface area (Å²) < 4.78 is 0. The molecule has 1 aliphatic heterocycles. The summed E-state index contributed by atoms with van der Waals surface area (Å²) in [5.41, 5.74) is 8.69. The lowest BCUT2D eigenvalue weighted by molar-refractivity contribution is 0.282. The van der Waals surface area contributed by atoms with E-state index in [1.54, 1.807) is 0 Å². The molecule has 3 N–H and O–H groups in total. The molecule has 0 spiro atoms. The van der Waals surface area contributed by atoms with Crippen molar-refractivity contribution in [2.45, 2.75) is 19.4 Å². The predicted molar refractivity (Wildman–Crippen MR) is 58.2 cm³/mol. The van der Waals surface area contributed by atoms with Crippen LogP contribution in [0.15, 0.2) is 18.2 Å². The molecule has 0 bridgehead atoms. The second-order valence-electron chi connectivity index (χ2n) is 3.75. The van der Waals surface area contributed by atoms with Gasteiger partial charge in [-0.3, -0.25) is 0 Å². The summed E-state index contributed by atoms with van der Waals surface area (Å²) >= 11 is 0. The molecule has 0 radical (unpaired) electrons. The molecule has 3 heteroatoms. The first kappa shape index (κ1) is 9.34. The molecule has 0 aliphatic carbocycles. The maximum Gasteiger partial charge on any atom is 0.0682 e. The fourth-order valence-electron chi connectivity index (χ4n) is 1.95. The standard InChI is InChI=1S/C11H16N2O/c12-10-7-9(8-14)3-4-11(10)13-5-1-2-6-13/h3-4,7,14H,1-2,5-6,8,12H2. The van der Waals surface area contributed by atoms with Gasteiger partial charge in [-0.15, -0.1) is 0 Å². The summed E-state index contributed by atoms with van der Waals surface area (Å²) in [6.07, 6.45) is 2.50. The van der Waals surface area contributed by atoms with Gasteiger partial charge in [0.1, 0.15) is 0 Å². The van der Waals surface area contributed by atoms with Crippen LogP contribution in [0.5, 0.6) is 0 Å². The van der Waals surface area contributed by atoms with Crippen LogP contribution >= 0.6 is 0 Å². The summed E-state index contributed by atoms with van der Waals surface area (Å²) in [5.74, 6) is 0. The van der Waals surface area contributed by atoms with Crippen molar-refractivity contribution in [2.75, 3.05) is 23.7 Å². The minimum atomic E-state index is 0.0600. The number of nitrogens with zero attached hydrogens (tertiary/aromatic N) is 1. The van der Waals surface area contributed by atoms with E-state index in [1.807, 2.05) is 18.2 Å². The third kappa shape index (κ3) is 1.68. The van der Waals surface area contributed by atoms with Crippen molar-refractivity contribution in [2.24, 2.45) is 0 Å². The van der Waals surface area contributed by atoms with Crippen LogP contribution in [-0.2, 0) is 6.61 Å².